The lowest BCUT2D eigenvalue weighted by atomic mass is 10.1. The van der Waals surface area contributed by atoms with E-state index in [2.05, 4.69) is 23.6 Å². The Morgan fingerprint density at radius 2 is 1.82 bits per heavy atom. The molecule has 0 saturated carbocycles. The van der Waals surface area contributed by atoms with Gasteiger partial charge in [0, 0.05) is 34.2 Å². The van der Waals surface area contributed by atoms with Crippen molar-refractivity contribution in [2.45, 2.75) is 19.9 Å². The molecule has 0 bridgehead atoms. The minimum atomic E-state index is -4.13. The molecule has 0 aliphatic rings. The van der Waals surface area contributed by atoms with Crippen LogP contribution in [-0.2, 0) is 11.1 Å². The number of hydrogen-bond acceptors (Lipinski definition) is 1. The highest BCUT2D eigenvalue weighted by molar-refractivity contribution is 7.55. The van der Waals surface area contributed by atoms with Gasteiger partial charge in [0.05, 0.1) is 0 Å². The number of nitrogens with zero attached hydrogens (tertiary/aromatic N) is 1. The first-order valence-corrected chi connectivity index (χ1v) is 8.93. The van der Waals surface area contributed by atoms with Crippen LogP contribution in [0.3, 0.4) is 0 Å². The highest BCUT2D eigenvalue weighted by Crippen LogP contribution is 2.37. The van der Waals surface area contributed by atoms with Crippen molar-refractivity contribution in [2.75, 3.05) is 0 Å². The van der Waals surface area contributed by atoms with Crippen LogP contribution in [0, 0.1) is 0 Å². The lowest BCUT2D eigenvalue weighted by molar-refractivity contribution is 0.386. The van der Waals surface area contributed by atoms with Crippen LogP contribution in [0.2, 0.25) is 0 Å². The smallest absolute Gasteiger partial charge is 0.340 e. The van der Waals surface area contributed by atoms with Crippen molar-refractivity contribution >= 4 is 35.5 Å². The van der Waals surface area contributed by atoms with E-state index in [9.17, 15) is 4.57 Å². The molecule has 2 N–H and O–H groups in total. The van der Waals surface area contributed by atoms with Gasteiger partial charge in [-0.1, -0.05) is 31.2 Å². The van der Waals surface area contributed by atoms with Crippen LogP contribution in [0.4, 0.5) is 0 Å². The third kappa shape index (κ3) is 2.86. The third-order valence-corrected chi connectivity index (χ3v) is 4.24. The Balaban J connectivity index is 2.22. The van der Waals surface area contributed by atoms with Gasteiger partial charge in [0.15, 0.2) is 0 Å². The fraction of sp³-hybridized carbons (Fsp3) is 0.176. The maximum Gasteiger partial charge on any atom is 0.349 e. The quantitative estimate of drug-likeness (QED) is 0.703. The number of hydrogen-bond donors (Lipinski definition) is 2. The van der Waals surface area contributed by atoms with Gasteiger partial charge in [-0.05, 0) is 36.3 Å². The van der Waals surface area contributed by atoms with Crippen molar-refractivity contribution in [1.29, 1.82) is 0 Å². The number of para-hydroxylation sites is 1. The molecule has 22 heavy (non-hydrogen) atoms. The first kappa shape index (κ1) is 15.0. The Kier molecular flexibility index (Phi) is 3.92. The van der Waals surface area contributed by atoms with Crippen molar-refractivity contribution in [3.05, 3.63) is 53.8 Å². The molecule has 5 heteroatoms. The Morgan fingerprint density at radius 3 is 2.55 bits per heavy atom. The summed E-state index contributed by atoms with van der Waals surface area (Å²) in [6.07, 6.45) is 2.53. The van der Waals surface area contributed by atoms with Crippen LogP contribution >= 0.6 is 7.60 Å². The first-order valence-electron chi connectivity index (χ1n) is 7.25. The molecule has 1 aromatic heterocycles. The summed E-state index contributed by atoms with van der Waals surface area (Å²) in [6, 6.07) is 14.1. The lowest BCUT2D eigenvalue weighted by Crippen LogP contribution is -1.95. The molecule has 0 amide bonds. The van der Waals surface area contributed by atoms with Gasteiger partial charge in [0.1, 0.15) is 0 Å². The molecule has 0 fully saturated rings. The number of benzene rings is 2. The zero-order valence-corrected chi connectivity index (χ0v) is 13.2. The van der Waals surface area contributed by atoms with Gasteiger partial charge in [0.2, 0.25) is 0 Å². The zero-order chi connectivity index (χ0) is 15.7. The van der Waals surface area contributed by atoms with Gasteiger partial charge in [-0.25, -0.2) is 0 Å². The van der Waals surface area contributed by atoms with Crippen LogP contribution in [-0.4, -0.2) is 14.4 Å². The Labute approximate surface area is 128 Å². The average molecular weight is 315 g/mol. The standard InChI is InChI=1S/C17H18NO3P/c1-2-10-18-16-6-4-3-5-14(16)15-12-13(7-8-17(15)18)9-11-22(19,20)21/h3-9,11-12H,2,10H2,1H3,(H2,19,20,21). The van der Waals surface area contributed by atoms with Crippen molar-refractivity contribution < 1.29 is 14.4 Å². The van der Waals surface area contributed by atoms with Crippen LogP contribution in [0.1, 0.15) is 18.9 Å². The predicted molar refractivity (Wildman–Crippen MR) is 90.8 cm³/mol. The van der Waals surface area contributed by atoms with Gasteiger partial charge in [-0.2, -0.15) is 0 Å². The van der Waals surface area contributed by atoms with E-state index >= 15 is 0 Å². The van der Waals surface area contributed by atoms with E-state index in [1.54, 1.807) is 0 Å². The Hall–Kier alpha value is -1.87. The molecule has 0 aliphatic heterocycles. The van der Waals surface area contributed by atoms with E-state index in [0.29, 0.717) is 0 Å². The minimum absolute atomic E-state index is 0.787. The van der Waals surface area contributed by atoms with Crippen LogP contribution < -0.4 is 0 Å². The average Bonchev–Trinajstić information content (AvgIpc) is 2.79. The maximum absolute atomic E-state index is 11.0. The van der Waals surface area contributed by atoms with Crippen molar-refractivity contribution in [2.24, 2.45) is 0 Å². The number of aromatic nitrogens is 1. The SMILES string of the molecule is CCCn1c2ccccc2c2cc(C=CP(=O)(O)O)ccc21. The summed E-state index contributed by atoms with van der Waals surface area (Å²) >= 11 is 0. The second-order valence-corrected chi connectivity index (χ2v) is 6.83. The number of aryl methyl sites for hydroxylation is 1. The summed E-state index contributed by atoms with van der Waals surface area (Å²) in [6.45, 7) is 3.10. The molecule has 1 heterocycles. The predicted octanol–water partition coefficient (Wildman–Crippen LogP) is 4.35. The summed E-state index contributed by atoms with van der Waals surface area (Å²) in [5.41, 5.74) is 3.13. The second kappa shape index (κ2) is 5.73. The Bertz CT molecular complexity index is 905. The number of rotatable bonds is 4. The fourth-order valence-electron chi connectivity index (χ4n) is 2.82. The van der Waals surface area contributed by atoms with Gasteiger partial charge in [0.25, 0.3) is 0 Å². The zero-order valence-electron chi connectivity index (χ0n) is 12.3. The molecule has 0 radical (unpaired) electrons. The van der Waals surface area contributed by atoms with Crippen LogP contribution in [0.25, 0.3) is 27.9 Å². The highest BCUT2D eigenvalue weighted by atomic mass is 31.2. The molecule has 3 aromatic rings. The van der Waals surface area contributed by atoms with Crippen molar-refractivity contribution in [1.82, 2.24) is 4.57 Å². The van der Waals surface area contributed by atoms with E-state index in [1.165, 1.54) is 11.6 Å². The molecule has 0 aliphatic carbocycles. The van der Waals surface area contributed by atoms with E-state index in [1.807, 2.05) is 30.3 Å². The van der Waals surface area contributed by atoms with Crippen LogP contribution in [0.15, 0.2) is 48.3 Å². The second-order valence-electron chi connectivity index (χ2n) is 5.35. The lowest BCUT2D eigenvalue weighted by Gasteiger charge is -2.05. The van der Waals surface area contributed by atoms with Gasteiger partial charge in [-0.3, -0.25) is 4.57 Å². The van der Waals surface area contributed by atoms with Crippen LogP contribution in [0.5, 0.6) is 0 Å². The summed E-state index contributed by atoms with van der Waals surface area (Å²) in [5, 5.41) is 2.27. The normalized spacial score (nSPS) is 12.7. The largest absolute Gasteiger partial charge is 0.349 e. The molecular formula is C17H18NO3P. The number of fused-ring (bicyclic) bond motifs is 3. The molecule has 0 saturated heterocycles. The van der Waals surface area contributed by atoms with E-state index in [-0.39, 0.29) is 0 Å². The molecule has 4 nitrogen and oxygen atoms in total. The van der Waals surface area contributed by atoms with Gasteiger partial charge in [-0.15, -0.1) is 0 Å². The van der Waals surface area contributed by atoms with E-state index in [0.717, 1.165) is 40.6 Å². The van der Waals surface area contributed by atoms with Gasteiger partial charge < -0.3 is 14.4 Å². The van der Waals surface area contributed by atoms with E-state index in [4.69, 9.17) is 9.79 Å². The molecule has 3 rings (SSSR count). The molecule has 0 atom stereocenters. The fourth-order valence-corrected chi connectivity index (χ4v) is 3.19. The summed E-state index contributed by atoms with van der Waals surface area (Å²) in [7, 11) is -4.13. The molecular weight excluding hydrogens is 297 g/mol. The summed E-state index contributed by atoms with van der Waals surface area (Å²) < 4.78 is 13.3. The van der Waals surface area contributed by atoms with E-state index < -0.39 is 7.60 Å². The minimum Gasteiger partial charge on any atom is -0.340 e. The van der Waals surface area contributed by atoms with Crippen molar-refractivity contribution in [3.8, 4) is 0 Å². The topological polar surface area (TPSA) is 62.5 Å². The molecule has 2 aromatic carbocycles. The third-order valence-electron chi connectivity index (χ3n) is 3.70. The summed E-state index contributed by atoms with van der Waals surface area (Å²) in [4.78, 5) is 17.9. The summed E-state index contributed by atoms with van der Waals surface area (Å²) in [5.74, 6) is 0.944. The molecule has 0 unspecified atom stereocenters. The Morgan fingerprint density at radius 1 is 1.09 bits per heavy atom. The first-order chi connectivity index (χ1) is 10.5. The maximum atomic E-state index is 11.0. The monoisotopic (exact) mass is 315 g/mol. The van der Waals surface area contributed by atoms with Gasteiger partial charge >= 0.3 is 7.60 Å². The van der Waals surface area contributed by atoms with Crippen molar-refractivity contribution in [3.63, 3.8) is 0 Å². The molecule has 0 spiro atoms. The molecule has 114 valence electrons. The highest BCUT2D eigenvalue weighted by Gasteiger charge is 2.10.